The first-order chi connectivity index (χ1) is 12.4. The third-order valence-electron chi connectivity index (χ3n) is 4.55. The van der Waals surface area contributed by atoms with Crippen molar-refractivity contribution in [2.24, 2.45) is 0 Å². The van der Waals surface area contributed by atoms with E-state index >= 15 is 0 Å². The summed E-state index contributed by atoms with van der Waals surface area (Å²) in [6.45, 7) is 7.84. The van der Waals surface area contributed by atoms with Gasteiger partial charge in [0.15, 0.2) is 16.6 Å². The number of hydrogen-bond donors (Lipinski definition) is 2. The van der Waals surface area contributed by atoms with Gasteiger partial charge in [-0.05, 0) is 48.7 Å². The van der Waals surface area contributed by atoms with E-state index in [1.165, 1.54) is 5.56 Å². The quantitative estimate of drug-likeness (QED) is 0.759. The lowest BCUT2D eigenvalue weighted by atomic mass is 9.79. The van der Waals surface area contributed by atoms with Gasteiger partial charge in [-0.25, -0.2) is 0 Å². The fraction of sp³-hybridized carbons (Fsp3) is 0.381. The molecule has 0 saturated carbocycles. The van der Waals surface area contributed by atoms with Gasteiger partial charge in [0.1, 0.15) is 13.2 Å². The Bertz CT molecular complexity index is 762. The maximum absolute atomic E-state index is 5.61. The van der Waals surface area contributed by atoms with Gasteiger partial charge in [-0.3, -0.25) is 0 Å². The van der Waals surface area contributed by atoms with Crippen LogP contribution in [0.1, 0.15) is 32.8 Å². The average Bonchev–Trinajstić information content (AvgIpc) is 2.61. The highest BCUT2D eigenvalue weighted by Gasteiger charge is 2.23. The Morgan fingerprint density at radius 3 is 2.50 bits per heavy atom. The summed E-state index contributed by atoms with van der Waals surface area (Å²) in [5.41, 5.74) is 2.29. The molecular formula is C21H26N2O2S. The van der Waals surface area contributed by atoms with Crippen molar-refractivity contribution < 1.29 is 9.47 Å². The van der Waals surface area contributed by atoms with E-state index in [0.717, 1.165) is 23.6 Å². The molecule has 2 N–H and O–H groups in total. The molecule has 138 valence electrons. The van der Waals surface area contributed by atoms with Crippen LogP contribution in [-0.4, -0.2) is 24.4 Å². The van der Waals surface area contributed by atoms with Crippen molar-refractivity contribution in [3.05, 3.63) is 54.1 Å². The molecular weight excluding hydrogens is 344 g/mol. The molecule has 26 heavy (non-hydrogen) atoms. The summed E-state index contributed by atoms with van der Waals surface area (Å²) in [6, 6.07) is 16.6. The number of hydrogen-bond acceptors (Lipinski definition) is 3. The number of anilines is 1. The van der Waals surface area contributed by atoms with Crippen LogP contribution in [0.3, 0.4) is 0 Å². The van der Waals surface area contributed by atoms with Crippen molar-refractivity contribution in [2.75, 3.05) is 18.5 Å². The molecule has 0 spiro atoms. The molecule has 3 rings (SSSR count). The van der Waals surface area contributed by atoms with E-state index in [0.29, 0.717) is 18.3 Å². The summed E-state index contributed by atoms with van der Waals surface area (Å²) < 4.78 is 11.2. The van der Waals surface area contributed by atoms with Crippen LogP contribution in [0.4, 0.5) is 5.69 Å². The zero-order chi connectivity index (χ0) is 18.6. The summed E-state index contributed by atoms with van der Waals surface area (Å²) in [5.74, 6) is 1.53. The lowest BCUT2D eigenvalue weighted by Crippen LogP contribution is -2.39. The number of fused-ring (bicyclic) bond motifs is 1. The number of nitrogens with one attached hydrogen (secondary N) is 2. The molecule has 0 fully saturated rings. The molecule has 1 atom stereocenters. The van der Waals surface area contributed by atoms with Crippen molar-refractivity contribution in [1.82, 2.24) is 5.32 Å². The van der Waals surface area contributed by atoms with Crippen LogP contribution in [0.15, 0.2) is 48.5 Å². The fourth-order valence-corrected chi connectivity index (χ4v) is 3.65. The Labute approximate surface area is 160 Å². The summed E-state index contributed by atoms with van der Waals surface area (Å²) >= 11 is 5.48. The molecule has 0 amide bonds. The van der Waals surface area contributed by atoms with E-state index < -0.39 is 0 Å². The molecule has 2 aromatic carbocycles. The van der Waals surface area contributed by atoms with Crippen LogP contribution >= 0.6 is 12.2 Å². The van der Waals surface area contributed by atoms with Crippen molar-refractivity contribution >= 4 is 23.0 Å². The number of rotatable bonds is 5. The molecule has 1 heterocycles. The molecule has 1 aliphatic heterocycles. The van der Waals surface area contributed by atoms with E-state index in [1.807, 2.05) is 24.3 Å². The van der Waals surface area contributed by atoms with Gasteiger partial charge in [0, 0.05) is 17.8 Å². The Morgan fingerprint density at radius 1 is 1.08 bits per heavy atom. The molecule has 4 nitrogen and oxygen atoms in total. The van der Waals surface area contributed by atoms with Gasteiger partial charge >= 0.3 is 0 Å². The number of benzene rings is 2. The zero-order valence-corrected chi connectivity index (χ0v) is 16.4. The topological polar surface area (TPSA) is 42.5 Å². The van der Waals surface area contributed by atoms with Crippen LogP contribution in [-0.2, 0) is 5.41 Å². The van der Waals surface area contributed by atoms with Gasteiger partial charge in [0.25, 0.3) is 0 Å². The second-order valence-electron chi connectivity index (χ2n) is 7.31. The van der Waals surface area contributed by atoms with Crippen LogP contribution in [0.5, 0.6) is 11.5 Å². The minimum absolute atomic E-state index is 0.0697. The monoisotopic (exact) mass is 370 g/mol. The zero-order valence-electron chi connectivity index (χ0n) is 15.5. The SMILES string of the molecule is CC(CC(C)(C)c1ccccc1)NC(=S)Nc1ccc2c(c1)OCCO2. The summed E-state index contributed by atoms with van der Waals surface area (Å²) in [7, 11) is 0. The van der Waals surface area contributed by atoms with Gasteiger partial charge in [-0.15, -0.1) is 0 Å². The molecule has 0 radical (unpaired) electrons. The first-order valence-corrected chi connectivity index (χ1v) is 9.37. The van der Waals surface area contributed by atoms with Crippen molar-refractivity contribution in [2.45, 2.75) is 38.6 Å². The summed E-state index contributed by atoms with van der Waals surface area (Å²) in [4.78, 5) is 0. The van der Waals surface area contributed by atoms with Crippen LogP contribution in [0.2, 0.25) is 0 Å². The largest absolute Gasteiger partial charge is 0.486 e. The van der Waals surface area contributed by atoms with Gasteiger partial charge in [-0.2, -0.15) is 0 Å². The second-order valence-corrected chi connectivity index (χ2v) is 7.72. The van der Waals surface area contributed by atoms with Crippen molar-refractivity contribution in [1.29, 1.82) is 0 Å². The van der Waals surface area contributed by atoms with Gasteiger partial charge in [-0.1, -0.05) is 44.2 Å². The standard InChI is InChI=1S/C21H26N2O2S/c1-15(14-21(2,3)16-7-5-4-6-8-16)22-20(26)23-17-9-10-18-19(13-17)25-12-11-24-18/h4-10,13,15H,11-12,14H2,1-3H3,(H2,22,23,26). The second kappa shape index (κ2) is 7.96. The predicted octanol–water partition coefficient (Wildman–Crippen LogP) is 4.50. The molecule has 0 aromatic heterocycles. The normalized spacial score (nSPS) is 14.4. The Hall–Kier alpha value is -2.27. The van der Waals surface area contributed by atoms with Gasteiger partial charge in [0.2, 0.25) is 0 Å². The van der Waals surface area contributed by atoms with E-state index in [1.54, 1.807) is 0 Å². The van der Waals surface area contributed by atoms with E-state index in [4.69, 9.17) is 21.7 Å². The molecule has 1 unspecified atom stereocenters. The third kappa shape index (κ3) is 4.67. The Balaban J connectivity index is 1.56. The summed E-state index contributed by atoms with van der Waals surface area (Å²) in [5, 5.41) is 7.23. The molecule has 0 saturated heterocycles. The maximum Gasteiger partial charge on any atom is 0.170 e. The molecule has 5 heteroatoms. The molecule has 2 aromatic rings. The van der Waals surface area contributed by atoms with E-state index in [-0.39, 0.29) is 11.5 Å². The minimum Gasteiger partial charge on any atom is -0.486 e. The lowest BCUT2D eigenvalue weighted by molar-refractivity contribution is 0.171. The smallest absolute Gasteiger partial charge is 0.170 e. The van der Waals surface area contributed by atoms with E-state index in [2.05, 4.69) is 55.7 Å². The van der Waals surface area contributed by atoms with Crippen molar-refractivity contribution in [3.8, 4) is 11.5 Å². The van der Waals surface area contributed by atoms with Gasteiger partial charge in [0.05, 0.1) is 0 Å². The third-order valence-corrected chi connectivity index (χ3v) is 4.77. The molecule has 0 bridgehead atoms. The van der Waals surface area contributed by atoms with Crippen molar-refractivity contribution in [3.63, 3.8) is 0 Å². The lowest BCUT2D eigenvalue weighted by Gasteiger charge is -2.29. The van der Waals surface area contributed by atoms with Crippen LogP contribution < -0.4 is 20.1 Å². The fourth-order valence-electron chi connectivity index (χ4n) is 3.34. The minimum atomic E-state index is 0.0697. The molecule has 0 aliphatic carbocycles. The first-order valence-electron chi connectivity index (χ1n) is 8.97. The van der Waals surface area contributed by atoms with Gasteiger partial charge < -0.3 is 20.1 Å². The highest BCUT2D eigenvalue weighted by Crippen LogP contribution is 2.32. The average molecular weight is 371 g/mol. The van der Waals surface area contributed by atoms with E-state index in [9.17, 15) is 0 Å². The van der Waals surface area contributed by atoms with Crippen LogP contribution in [0, 0.1) is 0 Å². The highest BCUT2D eigenvalue weighted by molar-refractivity contribution is 7.80. The predicted molar refractivity (Wildman–Crippen MR) is 110 cm³/mol. The number of ether oxygens (including phenoxy) is 2. The highest BCUT2D eigenvalue weighted by atomic mass is 32.1. The first kappa shape index (κ1) is 18.5. The Kier molecular flexibility index (Phi) is 5.67. The molecule has 1 aliphatic rings. The Morgan fingerprint density at radius 2 is 1.77 bits per heavy atom. The maximum atomic E-state index is 5.61. The number of thiocarbonyl (C=S) groups is 1. The van der Waals surface area contributed by atoms with Crippen LogP contribution in [0.25, 0.3) is 0 Å². The summed E-state index contributed by atoms with van der Waals surface area (Å²) in [6.07, 6.45) is 0.972.